The van der Waals surface area contributed by atoms with Crippen molar-refractivity contribution in [3.05, 3.63) is 66.7 Å². The first-order valence-corrected chi connectivity index (χ1v) is 22.3. The number of alkyl carbamates (subject to hydrolysis) is 1. The van der Waals surface area contributed by atoms with Gasteiger partial charge in [-0.05, 0) is 71.4 Å². The van der Waals surface area contributed by atoms with Crippen molar-refractivity contribution in [1.82, 2.24) is 34.7 Å². The molecule has 1 aromatic heterocycles. The van der Waals surface area contributed by atoms with Crippen LogP contribution < -0.4 is 15.4 Å². The maximum atomic E-state index is 14.8. The number of ether oxygens (including phenoxy) is 1. The molecule has 3 aromatic rings. The number of benzene rings is 2. The molecule has 59 heavy (non-hydrogen) atoms. The van der Waals surface area contributed by atoms with Crippen molar-refractivity contribution in [2.24, 2.45) is 17.8 Å². The van der Waals surface area contributed by atoms with Gasteiger partial charge in [0, 0.05) is 43.0 Å². The van der Waals surface area contributed by atoms with Gasteiger partial charge >= 0.3 is 6.09 Å². The largest absolute Gasteiger partial charge is 0.444 e. The zero-order valence-corrected chi connectivity index (χ0v) is 34.6. The van der Waals surface area contributed by atoms with Crippen LogP contribution in [0.4, 0.5) is 4.79 Å². The van der Waals surface area contributed by atoms with Crippen LogP contribution in [0, 0.1) is 17.8 Å². The number of rotatable bonds is 7. The molecule has 8 rings (SSSR count). The van der Waals surface area contributed by atoms with Gasteiger partial charge in [-0.1, -0.05) is 67.5 Å². The minimum absolute atomic E-state index is 0.00165. The van der Waals surface area contributed by atoms with E-state index < -0.39 is 74.1 Å². The maximum Gasteiger partial charge on any atom is 0.408 e. The molecular formula is C43H53N7O8S. The normalized spacial score (nSPS) is 28.0. The second kappa shape index (κ2) is 15.7. The molecular weight excluding hydrogens is 775 g/mol. The van der Waals surface area contributed by atoms with Gasteiger partial charge in [0.2, 0.25) is 27.7 Å². The van der Waals surface area contributed by atoms with E-state index in [-0.39, 0.29) is 44.4 Å². The van der Waals surface area contributed by atoms with E-state index >= 15 is 0 Å². The lowest BCUT2D eigenvalue weighted by molar-refractivity contribution is -0.142. The van der Waals surface area contributed by atoms with Gasteiger partial charge in [0.15, 0.2) is 0 Å². The Balaban J connectivity index is 1.09. The van der Waals surface area contributed by atoms with Gasteiger partial charge in [0.25, 0.3) is 5.91 Å². The maximum absolute atomic E-state index is 14.8. The number of carbonyl (C=O) groups is 5. The molecule has 2 saturated heterocycles. The molecule has 0 bridgehead atoms. The Kier molecular flexibility index (Phi) is 10.8. The molecule has 0 spiro atoms. The Labute approximate surface area is 344 Å². The number of nitrogens with zero attached hydrogens (tertiary/aromatic N) is 4. The van der Waals surface area contributed by atoms with E-state index in [0.29, 0.717) is 37.9 Å². The van der Waals surface area contributed by atoms with Gasteiger partial charge in [-0.3, -0.25) is 23.9 Å². The molecule has 3 N–H and O–H groups in total. The number of allylic oxidation sites excluding steroid dienone is 1. The number of likely N-dealkylation sites (tertiary alicyclic amines) is 1. The van der Waals surface area contributed by atoms with Crippen LogP contribution in [0.25, 0.3) is 22.4 Å². The summed E-state index contributed by atoms with van der Waals surface area (Å²) in [7, 11) is -3.92. The highest BCUT2D eigenvalue weighted by molar-refractivity contribution is 7.91. The molecule has 16 heteroatoms. The molecule has 2 saturated carbocycles. The number of hydrogen-bond acceptors (Lipinski definition) is 9. The van der Waals surface area contributed by atoms with Gasteiger partial charge in [-0.15, -0.1) is 0 Å². The minimum atomic E-state index is -3.92. The van der Waals surface area contributed by atoms with Crippen LogP contribution in [0.1, 0.15) is 72.1 Å². The van der Waals surface area contributed by atoms with E-state index in [1.165, 1.54) is 4.90 Å². The molecule has 15 nitrogen and oxygen atoms in total. The SMILES string of the molecule is CC(C)(C)OC(=O)N[C@@H]1CCCCC/C=C\[C@@H]2C[C@@]2(C(=O)NS(=O)(=O)C2CC2)NC(=O)[C@@H]2[C@H]3CN(C(=O)Cn4c(-c5ccccc5)nc5ccccc54)C[C@H]3CN2C1=O. The average Bonchev–Trinajstić information content (AvgIpc) is 4.04. The number of carbonyl (C=O) groups excluding carboxylic acids is 5. The van der Waals surface area contributed by atoms with Crippen molar-refractivity contribution in [1.29, 1.82) is 0 Å². The van der Waals surface area contributed by atoms with E-state index in [1.54, 1.807) is 25.7 Å². The molecule has 0 radical (unpaired) electrons. The highest BCUT2D eigenvalue weighted by Gasteiger charge is 2.63. The smallest absolute Gasteiger partial charge is 0.408 e. The van der Waals surface area contributed by atoms with Crippen molar-refractivity contribution in [2.75, 3.05) is 19.6 Å². The third-order valence-corrected chi connectivity index (χ3v) is 14.1. The van der Waals surface area contributed by atoms with Crippen molar-refractivity contribution in [3.63, 3.8) is 0 Å². The Hall–Kier alpha value is -5.25. The monoisotopic (exact) mass is 827 g/mol. The number of aromatic nitrogens is 2. The summed E-state index contributed by atoms with van der Waals surface area (Å²) in [5.74, 6) is -2.60. The molecule has 314 valence electrons. The van der Waals surface area contributed by atoms with Crippen LogP contribution in [-0.2, 0) is 40.5 Å². The lowest BCUT2D eigenvalue weighted by Gasteiger charge is -2.33. The molecule has 0 unspecified atom stereocenters. The first kappa shape index (κ1) is 40.5. The predicted molar refractivity (Wildman–Crippen MR) is 219 cm³/mol. The van der Waals surface area contributed by atoms with Crippen molar-refractivity contribution in [3.8, 4) is 11.4 Å². The van der Waals surface area contributed by atoms with Crippen LogP contribution in [0.5, 0.6) is 0 Å². The molecule has 4 fully saturated rings. The first-order chi connectivity index (χ1) is 28.1. The third kappa shape index (κ3) is 8.46. The standard InChI is InChI=1S/C43H53N7O8S/c1-42(2,3)58-41(55)45-33-18-11-6-4-5-10-16-29-22-43(29,40(54)47-59(56,57)30-20-21-30)46-38(52)36-31-25-48(23-28(31)24-50(36)39(33)53)35(51)26-49-34-19-13-12-17-32(34)44-37(49)27-14-8-7-9-15-27/h7-10,12-17,19,28-31,33,36H,4-6,11,18,20-26H2,1-3H3,(H,45,55)(H,46,52)(H,47,54)/b16-10-/t28-,29+,31-,33+,36-,43+/m0/s1. The van der Waals surface area contributed by atoms with Gasteiger partial charge < -0.3 is 29.7 Å². The number of imidazole rings is 1. The first-order valence-electron chi connectivity index (χ1n) is 20.8. The second-order valence-corrected chi connectivity index (χ2v) is 19.7. The number of amides is 5. The zero-order valence-electron chi connectivity index (χ0n) is 33.8. The lowest BCUT2D eigenvalue weighted by atomic mass is 9.93. The van der Waals surface area contributed by atoms with E-state index in [1.807, 2.05) is 71.3 Å². The highest BCUT2D eigenvalue weighted by Crippen LogP contribution is 2.47. The summed E-state index contributed by atoms with van der Waals surface area (Å²) in [6.45, 7) is 5.79. The zero-order chi connectivity index (χ0) is 41.7. The highest BCUT2D eigenvalue weighted by atomic mass is 32.2. The fourth-order valence-corrected chi connectivity index (χ4v) is 10.4. The lowest BCUT2D eigenvalue weighted by Crippen LogP contribution is -2.60. The molecule has 4 heterocycles. The average molecular weight is 828 g/mol. The van der Waals surface area contributed by atoms with Crippen LogP contribution >= 0.6 is 0 Å². The summed E-state index contributed by atoms with van der Waals surface area (Å²) >= 11 is 0. The third-order valence-electron chi connectivity index (χ3n) is 12.2. The summed E-state index contributed by atoms with van der Waals surface area (Å²) in [6.07, 6.45) is 7.40. The molecule has 2 aromatic carbocycles. The van der Waals surface area contributed by atoms with Crippen LogP contribution in [0.2, 0.25) is 0 Å². The van der Waals surface area contributed by atoms with E-state index in [2.05, 4.69) is 15.4 Å². The molecule has 3 aliphatic heterocycles. The summed E-state index contributed by atoms with van der Waals surface area (Å²) in [5.41, 5.74) is 0.0869. The molecule has 2 aliphatic carbocycles. The number of sulfonamides is 1. The van der Waals surface area contributed by atoms with Crippen LogP contribution in [0.3, 0.4) is 0 Å². The summed E-state index contributed by atoms with van der Waals surface area (Å²) < 4.78 is 35.6. The molecule has 6 atom stereocenters. The van der Waals surface area contributed by atoms with Gasteiger partial charge in [-0.25, -0.2) is 18.2 Å². The second-order valence-electron chi connectivity index (χ2n) is 17.7. The van der Waals surface area contributed by atoms with E-state index in [0.717, 1.165) is 29.4 Å². The van der Waals surface area contributed by atoms with Crippen LogP contribution in [0.15, 0.2) is 66.7 Å². The Morgan fingerprint density at radius 3 is 2.44 bits per heavy atom. The summed E-state index contributed by atoms with van der Waals surface area (Å²) in [6, 6.07) is 15.2. The summed E-state index contributed by atoms with van der Waals surface area (Å²) in [4.78, 5) is 78.8. The van der Waals surface area contributed by atoms with Gasteiger partial charge in [-0.2, -0.15) is 0 Å². The predicted octanol–water partition coefficient (Wildman–Crippen LogP) is 3.89. The van der Waals surface area contributed by atoms with E-state index in [9.17, 15) is 32.4 Å². The Morgan fingerprint density at radius 1 is 0.949 bits per heavy atom. The molecule has 5 amide bonds. The number of para-hydroxylation sites is 2. The van der Waals surface area contributed by atoms with Crippen molar-refractivity contribution >= 4 is 50.8 Å². The number of nitrogens with one attached hydrogen (secondary N) is 3. The van der Waals surface area contributed by atoms with Crippen molar-refractivity contribution in [2.45, 2.75) is 107 Å². The Bertz CT molecular complexity index is 2280. The van der Waals surface area contributed by atoms with Crippen molar-refractivity contribution < 1.29 is 37.1 Å². The molecule has 5 aliphatic rings. The summed E-state index contributed by atoms with van der Waals surface area (Å²) in [5, 5.41) is 5.09. The number of hydrogen-bond donors (Lipinski definition) is 3. The topological polar surface area (TPSA) is 189 Å². The fourth-order valence-electron chi connectivity index (χ4n) is 9.00. The quantitative estimate of drug-likeness (QED) is 0.297. The number of fused-ring (bicyclic) bond motifs is 5. The fraction of sp³-hybridized carbons (Fsp3) is 0.535. The van der Waals surface area contributed by atoms with Crippen LogP contribution in [-0.4, -0.2) is 106 Å². The minimum Gasteiger partial charge on any atom is -0.444 e. The van der Waals surface area contributed by atoms with E-state index in [4.69, 9.17) is 9.72 Å². The van der Waals surface area contributed by atoms with Gasteiger partial charge in [0.05, 0.1) is 16.3 Å². The van der Waals surface area contributed by atoms with Gasteiger partial charge in [0.1, 0.15) is 35.6 Å². The Morgan fingerprint density at radius 2 is 1.69 bits per heavy atom.